The lowest BCUT2D eigenvalue weighted by Crippen LogP contribution is -2.16. The quantitative estimate of drug-likeness (QED) is 0.113. The summed E-state index contributed by atoms with van der Waals surface area (Å²) >= 11 is 0. The molecule has 8 rings (SSSR count). The number of ether oxygens (including phenoxy) is 9. The number of aryl methyl sites for hydroxylation is 2. The van der Waals surface area contributed by atoms with Gasteiger partial charge in [0.05, 0.1) is 66.1 Å². The van der Waals surface area contributed by atoms with E-state index in [0.717, 1.165) is 78.6 Å². The molecule has 13 nitrogen and oxygen atoms in total. The second kappa shape index (κ2) is 26.2. The monoisotopic (exact) mass is 964 g/mol. The molecule has 2 aliphatic rings. The van der Waals surface area contributed by atoms with Crippen molar-refractivity contribution in [3.63, 3.8) is 0 Å². The highest BCUT2D eigenvalue weighted by Crippen LogP contribution is 2.39. The Morgan fingerprint density at radius 3 is 1.06 bits per heavy atom. The molecule has 0 fully saturated rings. The van der Waals surface area contributed by atoms with E-state index in [1.165, 1.54) is 0 Å². The van der Waals surface area contributed by atoms with Gasteiger partial charge in [0.15, 0.2) is 0 Å². The van der Waals surface area contributed by atoms with Crippen LogP contribution in [-0.4, -0.2) is 91.5 Å². The van der Waals surface area contributed by atoms with Crippen LogP contribution in [0.15, 0.2) is 121 Å². The molecule has 1 aliphatic carbocycles. The molecule has 0 atom stereocenters. The first-order valence-electron chi connectivity index (χ1n) is 24.5. The van der Waals surface area contributed by atoms with Crippen molar-refractivity contribution in [2.45, 2.75) is 52.4 Å². The first kappa shape index (κ1) is 50.3. The van der Waals surface area contributed by atoms with Crippen LogP contribution in [0.25, 0.3) is 0 Å². The maximum Gasteiger partial charge on any atom is 0.411 e. The SMILES string of the molecule is Cc1ccc(NC(=O)OCCCOc2c3cccc2Cc2cccc4c2OCCOCCOCCOCCOc2c(cccc2Cc2cccc(c2OCCCOC(=O)Nc2ccc(C)cc2)C4)C3)cc1. The van der Waals surface area contributed by atoms with Crippen LogP contribution < -0.4 is 29.6 Å². The molecule has 10 bridgehead atoms. The lowest BCUT2D eigenvalue weighted by molar-refractivity contribution is 0.00484. The van der Waals surface area contributed by atoms with Crippen molar-refractivity contribution >= 4 is 23.6 Å². The number of hydrogen-bond acceptors (Lipinski definition) is 11. The fourth-order valence-electron chi connectivity index (χ4n) is 8.55. The van der Waals surface area contributed by atoms with Crippen molar-refractivity contribution < 1.29 is 52.2 Å². The van der Waals surface area contributed by atoms with Crippen molar-refractivity contribution in [1.29, 1.82) is 0 Å². The molecule has 0 spiro atoms. The molecule has 372 valence electrons. The van der Waals surface area contributed by atoms with Gasteiger partial charge in [0.2, 0.25) is 0 Å². The van der Waals surface area contributed by atoms with Crippen LogP contribution in [0.5, 0.6) is 23.0 Å². The standard InChI is InChI=1S/C58H64N2O11/c1-41-17-21-51(22-18-41)59-57(61)70-27-7-25-66-53-43-9-3-10-44(53)38-48-14-6-16-50-40-46-12-4-11-45(54(46)67-26-8-28-71-58(62)60-52-23-19-42(2)20-24-52)39-49-15-5-13-47(37-43)55(49)68-35-33-64-31-29-63-30-32-65-34-36-69-56(48)50/h3-6,9-24H,7-8,25-40H2,1-2H3,(H,59,61)(H,60,62). The minimum absolute atomic E-state index is 0.177. The normalized spacial score (nSPS) is 14.2. The minimum Gasteiger partial charge on any atom is -0.493 e. The summed E-state index contributed by atoms with van der Waals surface area (Å²) in [4.78, 5) is 25.3. The van der Waals surface area contributed by atoms with Crippen molar-refractivity contribution in [3.05, 3.63) is 177 Å². The van der Waals surface area contributed by atoms with E-state index in [1.54, 1.807) is 0 Å². The number of hydrogen-bond donors (Lipinski definition) is 2. The summed E-state index contributed by atoms with van der Waals surface area (Å²) in [6.45, 7) is 8.10. The Morgan fingerprint density at radius 2 is 0.718 bits per heavy atom. The second-order valence-electron chi connectivity index (χ2n) is 17.5. The van der Waals surface area contributed by atoms with Crippen LogP contribution >= 0.6 is 0 Å². The van der Waals surface area contributed by atoms with E-state index in [0.29, 0.717) is 116 Å². The number of rotatable bonds is 12. The Balaban J connectivity index is 1.10. The molecule has 13 heteroatoms. The molecule has 0 aromatic heterocycles. The fourth-order valence-corrected chi connectivity index (χ4v) is 8.55. The topological polar surface area (TPSA) is 141 Å². The van der Waals surface area contributed by atoms with E-state index in [4.69, 9.17) is 42.6 Å². The molecule has 71 heavy (non-hydrogen) atoms. The molecular weight excluding hydrogens is 901 g/mol. The lowest BCUT2D eigenvalue weighted by Gasteiger charge is -2.23. The highest BCUT2D eigenvalue weighted by molar-refractivity contribution is 5.85. The summed E-state index contributed by atoms with van der Waals surface area (Å²) < 4.78 is 55.7. The van der Waals surface area contributed by atoms with E-state index in [-0.39, 0.29) is 13.2 Å². The summed E-state index contributed by atoms with van der Waals surface area (Å²) in [7, 11) is 0. The number of nitrogens with one attached hydrogen (secondary N) is 2. The van der Waals surface area contributed by atoms with Crippen LogP contribution in [0.3, 0.4) is 0 Å². The molecule has 6 aromatic carbocycles. The molecule has 1 heterocycles. The molecule has 2 N–H and O–H groups in total. The van der Waals surface area contributed by atoms with E-state index in [1.807, 2.05) is 62.4 Å². The zero-order valence-corrected chi connectivity index (χ0v) is 40.8. The van der Waals surface area contributed by atoms with Gasteiger partial charge < -0.3 is 42.6 Å². The molecule has 2 amide bonds. The summed E-state index contributed by atoms with van der Waals surface area (Å²) in [5.41, 5.74) is 11.4. The third-order valence-electron chi connectivity index (χ3n) is 12.1. The van der Waals surface area contributed by atoms with Crippen LogP contribution in [0.1, 0.15) is 68.5 Å². The van der Waals surface area contributed by atoms with E-state index in [9.17, 15) is 9.59 Å². The van der Waals surface area contributed by atoms with Gasteiger partial charge in [-0.25, -0.2) is 9.59 Å². The van der Waals surface area contributed by atoms with Crippen molar-refractivity contribution in [2.75, 3.05) is 89.9 Å². The molecule has 0 saturated carbocycles. The first-order chi connectivity index (χ1) is 34.9. The first-order valence-corrected chi connectivity index (χ1v) is 24.5. The van der Waals surface area contributed by atoms with Crippen molar-refractivity contribution in [3.8, 4) is 23.0 Å². The zero-order valence-electron chi connectivity index (χ0n) is 40.8. The maximum atomic E-state index is 12.7. The van der Waals surface area contributed by atoms with Crippen LogP contribution in [0, 0.1) is 13.8 Å². The largest absolute Gasteiger partial charge is 0.493 e. The minimum atomic E-state index is -0.515. The van der Waals surface area contributed by atoms with Crippen LogP contribution in [0.2, 0.25) is 0 Å². The Morgan fingerprint density at radius 1 is 0.408 bits per heavy atom. The lowest BCUT2D eigenvalue weighted by atomic mass is 9.91. The number of carbonyl (C=O) groups is 2. The van der Waals surface area contributed by atoms with Crippen LogP contribution in [0.4, 0.5) is 21.0 Å². The third kappa shape index (κ3) is 15.0. The highest BCUT2D eigenvalue weighted by Gasteiger charge is 2.22. The Hall–Kier alpha value is -7.06. The Labute approximate surface area is 416 Å². The van der Waals surface area contributed by atoms with Crippen LogP contribution in [-0.2, 0) is 49.4 Å². The molecule has 0 saturated heterocycles. The van der Waals surface area contributed by atoms with Crippen molar-refractivity contribution in [1.82, 2.24) is 0 Å². The van der Waals surface area contributed by atoms with Gasteiger partial charge >= 0.3 is 12.2 Å². The van der Waals surface area contributed by atoms with Gasteiger partial charge in [0.1, 0.15) is 36.2 Å². The zero-order chi connectivity index (χ0) is 49.0. The van der Waals surface area contributed by atoms with Gasteiger partial charge in [0.25, 0.3) is 0 Å². The predicted octanol–water partition coefficient (Wildman–Crippen LogP) is 10.8. The number of fused-ring (bicyclic) bond motifs is 2. The average Bonchev–Trinajstić information content (AvgIpc) is 3.36. The summed E-state index contributed by atoms with van der Waals surface area (Å²) in [5.74, 6) is 3.08. The Kier molecular flexibility index (Phi) is 18.6. The predicted molar refractivity (Wildman–Crippen MR) is 273 cm³/mol. The number of amides is 2. The molecular formula is C58H64N2O11. The second-order valence-corrected chi connectivity index (χ2v) is 17.5. The van der Waals surface area contributed by atoms with Gasteiger partial charge in [-0.2, -0.15) is 0 Å². The average molecular weight is 965 g/mol. The smallest absolute Gasteiger partial charge is 0.411 e. The number of benzene rings is 6. The van der Waals surface area contributed by atoms with Gasteiger partial charge in [-0.05, 0) is 82.6 Å². The highest BCUT2D eigenvalue weighted by atomic mass is 16.6. The fraction of sp³-hybridized carbons (Fsp3) is 0.345. The van der Waals surface area contributed by atoms with Gasteiger partial charge in [-0.15, -0.1) is 0 Å². The number of para-hydroxylation sites is 4. The maximum absolute atomic E-state index is 12.7. The molecule has 6 aromatic rings. The van der Waals surface area contributed by atoms with Gasteiger partial charge in [-0.3, -0.25) is 10.6 Å². The molecule has 0 radical (unpaired) electrons. The number of anilines is 2. The summed E-state index contributed by atoms with van der Waals surface area (Å²) in [6, 6.07) is 40.3. The number of carbonyl (C=O) groups excluding carboxylic acids is 2. The summed E-state index contributed by atoms with van der Waals surface area (Å²) in [5, 5.41) is 5.59. The van der Waals surface area contributed by atoms with Crippen molar-refractivity contribution in [2.24, 2.45) is 0 Å². The Bertz CT molecular complexity index is 2400. The van der Waals surface area contributed by atoms with E-state index in [2.05, 4.69) is 83.4 Å². The van der Waals surface area contributed by atoms with Gasteiger partial charge in [0, 0.05) is 49.9 Å². The van der Waals surface area contributed by atoms with E-state index >= 15 is 0 Å². The third-order valence-corrected chi connectivity index (χ3v) is 12.1. The molecule has 0 unspecified atom stereocenters. The molecule has 1 aliphatic heterocycles. The van der Waals surface area contributed by atoms with Gasteiger partial charge in [-0.1, -0.05) is 108 Å². The van der Waals surface area contributed by atoms with E-state index < -0.39 is 12.2 Å². The summed E-state index contributed by atoms with van der Waals surface area (Å²) in [6.07, 6.45) is 1.98.